The summed E-state index contributed by atoms with van der Waals surface area (Å²) in [5.74, 6) is 0.290. The van der Waals surface area contributed by atoms with Gasteiger partial charge in [-0.3, -0.25) is 4.79 Å². The summed E-state index contributed by atoms with van der Waals surface area (Å²) in [6, 6.07) is 0.112. The van der Waals surface area contributed by atoms with Gasteiger partial charge in [0.15, 0.2) is 0 Å². The first-order valence-corrected chi connectivity index (χ1v) is 6.68. The Hall–Kier alpha value is -0.610. The van der Waals surface area contributed by atoms with Crippen molar-refractivity contribution in [2.24, 2.45) is 11.8 Å². The molecular weight excluding hydrogens is 218 g/mol. The van der Waals surface area contributed by atoms with Crippen LogP contribution in [0.3, 0.4) is 0 Å². The van der Waals surface area contributed by atoms with Crippen molar-refractivity contribution >= 4 is 5.97 Å². The van der Waals surface area contributed by atoms with E-state index in [1.807, 2.05) is 7.05 Å². The monoisotopic (exact) mass is 241 g/mol. The number of hydrogen-bond donors (Lipinski definition) is 1. The molecule has 17 heavy (non-hydrogen) atoms. The Labute approximate surface area is 103 Å². The standard InChI is InChI=1S/C13H23NO3/c1-9-5-3-4-6-12(9)17-13(15)10-7-16-8-11(10)14-2/h9-12,14H,3-8H2,1-2H3. The third-order valence-corrected chi connectivity index (χ3v) is 4.05. The van der Waals surface area contributed by atoms with Gasteiger partial charge in [-0.05, 0) is 32.2 Å². The predicted octanol–water partition coefficient (Wildman–Crippen LogP) is 1.34. The number of likely N-dealkylation sites (N-methyl/N-ethyl adjacent to an activating group) is 1. The van der Waals surface area contributed by atoms with Crippen LogP contribution in [0.25, 0.3) is 0 Å². The van der Waals surface area contributed by atoms with E-state index in [1.54, 1.807) is 0 Å². The summed E-state index contributed by atoms with van der Waals surface area (Å²) in [5, 5.41) is 3.12. The van der Waals surface area contributed by atoms with Crippen LogP contribution >= 0.6 is 0 Å². The molecule has 0 radical (unpaired) electrons. The van der Waals surface area contributed by atoms with Crippen LogP contribution in [-0.2, 0) is 14.3 Å². The van der Waals surface area contributed by atoms with Crippen LogP contribution in [0.1, 0.15) is 32.6 Å². The van der Waals surface area contributed by atoms with Gasteiger partial charge in [0.1, 0.15) is 6.10 Å². The lowest BCUT2D eigenvalue weighted by Gasteiger charge is -2.29. The van der Waals surface area contributed by atoms with E-state index in [4.69, 9.17) is 9.47 Å². The van der Waals surface area contributed by atoms with Gasteiger partial charge in [0.05, 0.1) is 19.1 Å². The highest BCUT2D eigenvalue weighted by Crippen LogP contribution is 2.28. The molecule has 1 saturated heterocycles. The third-order valence-electron chi connectivity index (χ3n) is 4.05. The average Bonchev–Trinajstić information content (AvgIpc) is 2.80. The normalized spacial score (nSPS) is 38.0. The fraction of sp³-hybridized carbons (Fsp3) is 0.923. The molecule has 4 unspecified atom stereocenters. The maximum Gasteiger partial charge on any atom is 0.313 e. The molecule has 1 N–H and O–H groups in total. The van der Waals surface area contributed by atoms with Gasteiger partial charge in [-0.25, -0.2) is 0 Å². The molecule has 2 fully saturated rings. The first kappa shape index (κ1) is 12.8. The second kappa shape index (κ2) is 5.83. The first-order valence-electron chi connectivity index (χ1n) is 6.68. The van der Waals surface area contributed by atoms with Crippen LogP contribution in [0.5, 0.6) is 0 Å². The van der Waals surface area contributed by atoms with Gasteiger partial charge in [0.2, 0.25) is 0 Å². The molecule has 0 aromatic rings. The highest BCUT2D eigenvalue weighted by molar-refractivity contribution is 5.74. The van der Waals surface area contributed by atoms with Crippen molar-refractivity contribution in [1.82, 2.24) is 5.32 Å². The maximum absolute atomic E-state index is 12.1. The van der Waals surface area contributed by atoms with Crippen molar-refractivity contribution in [1.29, 1.82) is 0 Å². The molecule has 1 saturated carbocycles. The third kappa shape index (κ3) is 2.99. The molecule has 2 aliphatic rings. The second-order valence-electron chi connectivity index (χ2n) is 5.28. The van der Waals surface area contributed by atoms with Crippen LogP contribution < -0.4 is 5.32 Å². The van der Waals surface area contributed by atoms with Crippen LogP contribution in [-0.4, -0.2) is 38.4 Å². The molecular formula is C13H23NO3. The Morgan fingerprint density at radius 1 is 1.29 bits per heavy atom. The zero-order valence-electron chi connectivity index (χ0n) is 10.8. The molecule has 0 amide bonds. The van der Waals surface area contributed by atoms with Crippen molar-refractivity contribution in [3.8, 4) is 0 Å². The Balaban J connectivity index is 1.87. The topological polar surface area (TPSA) is 47.6 Å². The van der Waals surface area contributed by atoms with Gasteiger partial charge in [-0.2, -0.15) is 0 Å². The Morgan fingerprint density at radius 3 is 2.76 bits per heavy atom. The molecule has 1 aliphatic heterocycles. The minimum Gasteiger partial charge on any atom is -0.462 e. The molecule has 1 heterocycles. The van der Waals surface area contributed by atoms with E-state index >= 15 is 0 Å². The summed E-state index contributed by atoms with van der Waals surface area (Å²) in [4.78, 5) is 12.1. The fourth-order valence-electron chi connectivity index (χ4n) is 2.77. The quantitative estimate of drug-likeness (QED) is 0.758. The molecule has 1 aliphatic carbocycles. The van der Waals surface area contributed by atoms with E-state index in [1.165, 1.54) is 19.3 Å². The summed E-state index contributed by atoms with van der Waals surface area (Å²) in [7, 11) is 1.86. The number of hydrogen-bond acceptors (Lipinski definition) is 4. The summed E-state index contributed by atoms with van der Waals surface area (Å²) in [6.45, 7) is 3.28. The lowest BCUT2D eigenvalue weighted by atomic mass is 9.88. The number of carbonyl (C=O) groups excluding carboxylic acids is 1. The van der Waals surface area contributed by atoms with Gasteiger partial charge in [0.25, 0.3) is 0 Å². The molecule has 4 heteroatoms. The van der Waals surface area contributed by atoms with E-state index < -0.39 is 0 Å². The van der Waals surface area contributed by atoms with Gasteiger partial charge < -0.3 is 14.8 Å². The second-order valence-corrected chi connectivity index (χ2v) is 5.28. The molecule has 0 spiro atoms. The van der Waals surface area contributed by atoms with E-state index in [9.17, 15) is 4.79 Å². The first-order chi connectivity index (χ1) is 8.22. The lowest BCUT2D eigenvalue weighted by Crippen LogP contribution is -2.40. The number of carbonyl (C=O) groups is 1. The van der Waals surface area contributed by atoms with Gasteiger partial charge in [-0.1, -0.05) is 13.3 Å². The fourth-order valence-corrected chi connectivity index (χ4v) is 2.77. The molecule has 0 aromatic carbocycles. The number of ether oxygens (including phenoxy) is 2. The van der Waals surface area contributed by atoms with E-state index in [-0.39, 0.29) is 24.0 Å². The zero-order chi connectivity index (χ0) is 12.3. The number of nitrogens with one attached hydrogen (secondary N) is 1. The minimum atomic E-state index is -0.130. The van der Waals surface area contributed by atoms with Gasteiger partial charge in [0, 0.05) is 6.04 Å². The highest BCUT2D eigenvalue weighted by atomic mass is 16.6. The van der Waals surface area contributed by atoms with Gasteiger partial charge >= 0.3 is 5.97 Å². The maximum atomic E-state index is 12.1. The van der Waals surface area contributed by atoms with Crippen LogP contribution in [0.15, 0.2) is 0 Å². The Bertz CT molecular complexity index is 269. The highest BCUT2D eigenvalue weighted by Gasteiger charge is 2.36. The molecule has 0 aromatic heterocycles. The summed E-state index contributed by atoms with van der Waals surface area (Å²) in [6.07, 6.45) is 4.76. The van der Waals surface area contributed by atoms with Crippen LogP contribution in [0, 0.1) is 11.8 Å². The van der Waals surface area contributed by atoms with E-state index in [2.05, 4.69) is 12.2 Å². The summed E-state index contributed by atoms with van der Waals surface area (Å²) < 4.78 is 11.0. The van der Waals surface area contributed by atoms with Crippen molar-refractivity contribution in [2.45, 2.75) is 44.8 Å². The van der Waals surface area contributed by atoms with Crippen molar-refractivity contribution < 1.29 is 14.3 Å². The molecule has 98 valence electrons. The minimum absolute atomic E-state index is 0.0828. The smallest absolute Gasteiger partial charge is 0.313 e. The number of esters is 1. The van der Waals surface area contributed by atoms with Crippen LogP contribution in [0.2, 0.25) is 0 Å². The number of rotatable bonds is 3. The molecule has 4 atom stereocenters. The Kier molecular flexibility index (Phi) is 4.40. The molecule has 0 bridgehead atoms. The van der Waals surface area contributed by atoms with Crippen molar-refractivity contribution in [3.05, 3.63) is 0 Å². The SMILES string of the molecule is CNC1COCC1C(=O)OC1CCCCC1C. The van der Waals surface area contributed by atoms with E-state index in [0.717, 1.165) is 6.42 Å². The largest absolute Gasteiger partial charge is 0.462 e. The molecule has 2 rings (SSSR count). The lowest BCUT2D eigenvalue weighted by molar-refractivity contribution is -0.158. The molecule has 4 nitrogen and oxygen atoms in total. The average molecular weight is 241 g/mol. The Morgan fingerprint density at radius 2 is 2.06 bits per heavy atom. The van der Waals surface area contributed by atoms with Crippen molar-refractivity contribution in [2.75, 3.05) is 20.3 Å². The van der Waals surface area contributed by atoms with Crippen LogP contribution in [0.4, 0.5) is 0 Å². The zero-order valence-corrected chi connectivity index (χ0v) is 10.8. The summed E-state index contributed by atoms with van der Waals surface area (Å²) in [5.41, 5.74) is 0. The summed E-state index contributed by atoms with van der Waals surface area (Å²) >= 11 is 0. The van der Waals surface area contributed by atoms with Crippen molar-refractivity contribution in [3.63, 3.8) is 0 Å². The predicted molar refractivity (Wildman–Crippen MR) is 64.7 cm³/mol. The van der Waals surface area contributed by atoms with E-state index in [0.29, 0.717) is 19.1 Å². The van der Waals surface area contributed by atoms with Gasteiger partial charge in [-0.15, -0.1) is 0 Å².